The lowest BCUT2D eigenvalue weighted by Gasteiger charge is -2.09. The van der Waals surface area contributed by atoms with Gasteiger partial charge in [-0.3, -0.25) is 0 Å². The van der Waals surface area contributed by atoms with Crippen molar-refractivity contribution in [3.8, 4) is 0 Å². The van der Waals surface area contributed by atoms with Crippen LogP contribution in [0.15, 0.2) is 48.5 Å². The van der Waals surface area contributed by atoms with Crippen LogP contribution >= 0.6 is 0 Å². The highest BCUT2D eigenvalue weighted by molar-refractivity contribution is 6.45. The Morgan fingerprint density at radius 3 is 2.21 bits per heavy atom. The molecule has 1 aliphatic rings. The van der Waals surface area contributed by atoms with Gasteiger partial charge < -0.3 is 9.47 Å². The minimum atomic E-state index is -0.539. The summed E-state index contributed by atoms with van der Waals surface area (Å²) < 4.78 is 9.89. The average Bonchev–Trinajstić information content (AvgIpc) is 2.97. The molecular weight excluding hydrogens is 304 g/mol. The molecule has 0 saturated carbocycles. The number of hydrogen-bond donors (Lipinski definition) is 0. The van der Waals surface area contributed by atoms with Crippen molar-refractivity contribution in [1.29, 1.82) is 0 Å². The van der Waals surface area contributed by atoms with Gasteiger partial charge in [-0.15, -0.1) is 0 Å². The summed E-state index contributed by atoms with van der Waals surface area (Å²) in [5.41, 5.74) is 1.99. The van der Waals surface area contributed by atoms with E-state index >= 15 is 0 Å². The molecular formula is C20H14O4. The van der Waals surface area contributed by atoms with Crippen molar-refractivity contribution in [2.75, 3.05) is 14.2 Å². The highest BCUT2D eigenvalue weighted by Gasteiger charge is 2.34. The lowest BCUT2D eigenvalue weighted by Crippen LogP contribution is -2.10. The van der Waals surface area contributed by atoms with E-state index in [0.717, 1.165) is 27.1 Å². The molecule has 4 rings (SSSR count). The summed E-state index contributed by atoms with van der Waals surface area (Å²) in [5.74, 6) is -1.08. The van der Waals surface area contributed by atoms with Crippen LogP contribution in [0.5, 0.6) is 0 Å². The predicted molar refractivity (Wildman–Crippen MR) is 92.3 cm³/mol. The number of rotatable bonds is 2. The van der Waals surface area contributed by atoms with Gasteiger partial charge in [-0.1, -0.05) is 42.5 Å². The zero-order valence-corrected chi connectivity index (χ0v) is 13.3. The third kappa shape index (κ3) is 1.80. The zero-order chi connectivity index (χ0) is 16.8. The molecule has 0 fully saturated rings. The number of carbonyl (C=O) groups excluding carboxylic acids is 2. The van der Waals surface area contributed by atoms with E-state index in [2.05, 4.69) is 6.07 Å². The largest absolute Gasteiger partial charge is 0.465 e. The van der Waals surface area contributed by atoms with E-state index in [1.54, 1.807) is 0 Å². The topological polar surface area (TPSA) is 52.6 Å². The van der Waals surface area contributed by atoms with Crippen LogP contribution in [0, 0.1) is 0 Å². The number of methoxy groups -OCH3 is 2. The molecule has 0 radical (unpaired) electrons. The zero-order valence-electron chi connectivity index (χ0n) is 13.3. The smallest absolute Gasteiger partial charge is 0.339 e. The van der Waals surface area contributed by atoms with Crippen LogP contribution in [0.2, 0.25) is 0 Å². The van der Waals surface area contributed by atoms with Gasteiger partial charge in [0, 0.05) is 5.56 Å². The Morgan fingerprint density at radius 2 is 1.46 bits per heavy atom. The number of esters is 2. The molecule has 0 bridgehead atoms. The van der Waals surface area contributed by atoms with Gasteiger partial charge in [-0.2, -0.15) is 0 Å². The monoisotopic (exact) mass is 318 g/mol. The lowest BCUT2D eigenvalue weighted by molar-refractivity contribution is -0.135. The van der Waals surface area contributed by atoms with Crippen molar-refractivity contribution in [2.45, 2.75) is 0 Å². The van der Waals surface area contributed by atoms with Crippen molar-refractivity contribution < 1.29 is 19.1 Å². The highest BCUT2D eigenvalue weighted by Crippen LogP contribution is 2.46. The molecule has 0 heterocycles. The van der Waals surface area contributed by atoms with E-state index in [0.29, 0.717) is 5.56 Å². The molecule has 4 heteroatoms. The van der Waals surface area contributed by atoms with Crippen LogP contribution in [-0.4, -0.2) is 26.2 Å². The van der Waals surface area contributed by atoms with E-state index in [4.69, 9.17) is 9.47 Å². The fourth-order valence-electron chi connectivity index (χ4n) is 3.47. The molecule has 3 aromatic rings. The second kappa shape index (κ2) is 5.20. The minimum Gasteiger partial charge on any atom is -0.465 e. The first-order chi connectivity index (χ1) is 11.7. The highest BCUT2D eigenvalue weighted by atomic mass is 16.5. The molecule has 0 N–H and O–H groups in total. The first kappa shape index (κ1) is 14.5. The van der Waals surface area contributed by atoms with Crippen molar-refractivity contribution in [2.24, 2.45) is 0 Å². The Balaban J connectivity index is 2.24. The van der Waals surface area contributed by atoms with Gasteiger partial charge in [-0.05, 0) is 33.2 Å². The van der Waals surface area contributed by atoms with E-state index in [1.807, 2.05) is 42.5 Å². The Hall–Kier alpha value is -3.14. The molecule has 0 unspecified atom stereocenters. The van der Waals surface area contributed by atoms with Crippen molar-refractivity contribution >= 4 is 44.6 Å². The molecule has 4 nitrogen and oxygen atoms in total. The SMILES string of the molecule is COC(=O)C1=C(C(=O)OC)c2c3ccccc3cc3cccc1c23. The number of hydrogen-bond acceptors (Lipinski definition) is 4. The normalized spacial score (nSPS) is 12.8. The summed E-state index contributed by atoms with van der Waals surface area (Å²) in [4.78, 5) is 24.9. The molecule has 0 aromatic heterocycles. The maximum Gasteiger partial charge on any atom is 0.339 e. The molecule has 118 valence electrons. The molecule has 0 spiro atoms. The lowest BCUT2D eigenvalue weighted by atomic mass is 9.95. The molecule has 1 aliphatic carbocycles. The third-order valence-electron chi connectivity index (χ3n) is 4.44. The van der Waals surface area contributed by atoms with Gasteiger partial charge in [0.1, 0.15) is 0 Å². The summed E-state index contributed by atoms with van der Waals surface area (Å²) >= 11 is 0. The van der Waals surface area contributed by atoms with E-state index in [-0.39, 0.29) is 11.1 Å². The fourth-order valence-corrected chi connectivity index (χ4v) is 3.47. The molecule has 0 atom stereocenters. The molecule has 0 saturated heterocycles. The van der Waals surface area contributed by atoms with Crippen LogP contribution < -0.4 is 0 Å². The average molecular weight is 318 g/mol. The molecule has 0 aliphatic heterocycles. The summed E-state index contributed by atoms with van der Waals surface area (Å²) in [7, 11) is 2.63. The number of ether oxygens (including phenoxy) is 2. The van der Waals surface area contributed by atoms with Crippen LogP contribution in [0.1, 0.15) is 11.1 Å². The maximum atomic E-state index is 12.5. The van der Waals surface area contributed by atoms with E-state index < -0.39 is 11.9 Å². The summed E-state index contributed by atoms with van der Waals surface area (Å²) in [6.45, 7) is 0. The number of carbonyl (C=O) groups is 2. The fraction of sp³-hybridized carbons (Fsp3) is 0.100. The first-order valence-electron chi connectivity index (χ1n) is 7.53. The Morgan fingerprint density at radius 1 is 0.792 bits per heavy atom. The second-order valence-corrected chi connectivity index (χ2v) is 5.61. The van der Waals surface area contributed by atoms with Crippen LogP contribution in [-0.2, 0) is 19.1 Å². The van der Waals surface area contributed by atoms with Crippen molar-refractivity contribution in [3.63, 3.8) is 0 Å². The van der Waals surface area contributed by atoms with Crippen LogP contribution in [0.4, 0.5) is 0 Å². The van der Waals surface area contributed by atoms with Gasteiger partial charge in [0.2, 0.25) is 0 Å². The Labute approximate surface area is 138 Å². The Bertz CT molecular complexity index is 1060. The van der Waals surface area contributed by atoms with Gasteiger partial charge in [0.25, 0.3) is 0 Å². The summed E-state index contributed by atoms with van der Waals surface area (Å²) in [5, 5.41) is 3.78. The number of fused-ring (bicyclic) bond motifs is 2. The quantitative estimate of drug-likeness (QED) is 0.535. The van der Waals surface area contributed by atoms with Gasteiger partial charge in [0.15, 0.2) is 0 Å². The maximum absolute atomic E-state index is 12.5. The van der Waals surface area contributed by atoms with E-state index in [9.17, 15) is 9.59 Å². The van der Waals surface area contributed by atoms with Gasteiger partial charge in [-0.25, -0.2) is 9.59 Å². The minimum absolute atomic E-state index is 0.265. The predicted octanol–water partition coefficient (Wildman–Crippen LogP) is 3.56. The van der Waals surface area contributed by atoms with E-state index in [1.165, 1.54) is 14.2 Å². The number of benzene rings is 3. The molecule has 3 aromatic carbocycles. The molecule has 24 heavy (non-hydrogen) atoms. The second-order valence-electron chi connectivity index (χ2n) is 5.61. The van der Waals surface area contributed by atoms with Gasteiger partial charge >= 0.3 is 11.9 Å². The van der Waals surface area contributed by atoms with Gasteiger partial charge in [0.05, 0.1) is 25.4 Å². The Kier molecular flexibility index (Phi) is 3.13. The first-order valence-corrected chi connectivity index (χ1v) is 7.53. The third-order valence-corrected chi connectivity index (χ3v) is 4.44. The summed E-state index contributed by atoms with van der Waals surface area (Å²) in [6, 6.07) is 15.5. The van der Waals surface area contributed by atoms with Crippen LogP contribution in [0.3, 0.4) is 0 Å². The molecule has 0 amide bonds. The van der Waals surface area contributed by atoms with Crippen molar-refractivity contribution in [1.82, 2.24) is 0 Å². The standard InChI is InChI=1S/C20H14O4/c1-23-19(21)17-14-9-5-7-12-10-11-6-3-4-8-13(11)16(15(12)14)18(17)20(22)24-2/h3-10H,1-2H3. The van der Waals surface area contributed by atoms with Crippen molar-refractivity contribution in [3.05, 3.63) is 59.7 Å². The summed E-state index contributed by atoms with van der Waals surface area (Å²) in [6.07, 6.45) is 0. The van der Waals surface area contributed by atoms with Crippen LogP contribution in [0.25, 0.3) is 32.7 Å².